The van der Waals surface area contributed by atoms with Crippen LogP contribution in [0.4, 0.5) is 0 Å². The molecule has 0 spiro atoms. The van der Waals surface area contributed by atoms with Gasteiger partial charge in [-0.1, -0.05) is 56.3 Å². The molecule has 2 aromatic carbocycles. The molecule has 0 amide bonds. The lowest BCUT2D eigenvalue weighted by Gasteiger charge is -2.65. The van der Waals surface area contributed by atoms with Crippen LogP contribution in [-0.2, 0) is 12.0 Å². The quantitative estimate of drug-likeness (QED) is 0.597. The topological polar surface area (TPSA) is 41.5 Å². The minimum atomic E-state index is -0.522. The fourth-order valence-corrected chi connectivity index (χ4v) is 7.90. The maximum absolute atomic E-state index is 10.3. The van der Waals surface area contributed by atoms with Crippen LogP contribution in [0.5, 0.6) is 5.75 Å². The normalized spacial score (nSPS) is 34.6. The largest absolute Gasteiger partial charge is 0.491 e. The van der Waals surface area contributed by atoms with E-state index in [9.17, 15) is 5.11 Å². The molecule has 0 aliphatic heterocycles. The van der Waals surface area contributed by atoms with Crippen LogP contribution in [-0.4, -0.2) is 24.4 Å². The van der Waals surface area contributed by atoms with E-state index in [1.54, 1.807) is 0 Å². The Balaban J connectivity index is 1.16. The highest BCUT2D eigenvalue weighted by atomic mass is 16.5. The van der Waals surface area contributed by atoms with E-state index in [2.05, 4.69) is 55.6 Å². The molecule has 2 aromatic rings. The summed E-state index contributed by atoms with van der Waals surface area (Å²) in [7, 11) is 0. The number of aliphatic hydroxyl groups excluding tert-OH is 1. The first kappa shape index (κ1) is 21.0. The first-order valence-electron chi connectivity index (χ1n) is 12.0. The Kier molecular flexibility index (Phi) is 5.38. The Morgan fingerprint density at radius 2 is 1.61 bits per heavy atom. The van der Waals surface area contributed by atoms with Crippen molar-refractivity contribution in [2.45, 2.75) is 70.4 Å². The lowest BCUT2D eigenvalue weighted by Crippen LogP contribution is -2.56. The summed E-state index contributed by atoms with van der Waals surface area (Å²) in [6.45, 7) is 6.66. The number of aliphatic hydroxyl groups is 1. The number of ether oxygens (including phenoxy) is 1. The predicted octanol–water partition coefficient (Wildman–Crippen LogP) is 5.46. The molecule has 31 heavy (non-hydrogen) atoms. The van der Waals surface area contributed by atoms with Gasteiger partial charge in [-0.2, -0.15) is 0 Å². The van der Waals surface area contributed by atoms with Crippen LogP contribution in [0.25, 0.3) is 0 Å². The van der Waals surface area contributed by atoms with E-state index in [0.717, 1.165) is 18.2 Å². The molecule has 166 valence electrons. The van der Waals surface area contributed by atoms with Crippen molar-refractivity contribution in [2.75, 3.05) is 13.2 Å². The highest BCUT2D eigenvalue weighted by molar-refractivity contribution is 5.36. The average molecular weight is 420 g/mol. The van der Waals surface area contributed by atoms with Crippen molar-refractivity contribution >= 4 is 0 Å². The third-order valence-electron chi connectivity index (χ3n) is 8.09. The zero-order chi connectivity index (χ0) is 21.5. The van der Waals surface area contributed by atoms with Gasteiger partial charge < -0.3 is 15.2 Å². The Bertz CT molecular complexity index is 875. The van der Waals surface area contributed by atoms with E-state index in [-0.39, 0.29) is 0 Å². The maximum Gasteiger partial charge on any atom is 0.119 e. The summed E-state index contributed by atoms with van der Waals surface area (Å²) in [5, 5.41) is 13.6. The van der Waals surface area contributed by atoms with Crippen LogP contribution in [0.15, 0.2) is 54.6 Å². The van der Waals surface area contributed by atoms with E-state index in [1.165, 1.54) is 49.7 Å². The van der Waals surface area contributed by atoms with Crippen molar-refractivity contribution in [3.8, 4) is 5.75 Å². The molecule has 3 nitrogen and oxygen atoms in total. The molecule has 0 radical (unpaired) electrons. The summed E-state index contributed by atoms with van der Waals surface area (Å²) in [6.07, 6.45) is 7.81. The third kappa shape index (κ3) is 4.40. The van der Waals surface area contributed by atoms with Gasteiger partial charge in [0.15, 0.2) is 0 Å². The average Bonchev–Trinajstić information content (AvgIpc) is 2.71. The second-order valence-corrected chi connectivity index (χ2v) is 11.5. The zero-order valence-corrected chi connectivity index (χ0v) is 19.1. The standard InChI is InChI=1S/C28H37NO2/c1-26-12-22-13-27(2,18-26)20-28(14-22,19-26)23-8-10-25(11-9-23)31-17-24(30)16-29-15-21-6-4-3-5-7-21/h3-11,22,24,29-30H,12-20H2,1-2H3/t22?,24?,26-,27+,28?. The van der Waals surface area contributed by atoms with E-state index >= 15 is 0 Å². The number of hydrogen-bond acceptors (Lipinski definition) is 3. The summed E-state index contributed by atoms with van der Waals surface area (Å²) in [5.41, 5.74) is 4.15. The molecular weight excluding hydrogens is 382 g/mol. The van der Waals surface area contributed by atoms with E-state index < -0.39 is 6.10 Å². The predicted molar refractivity (Wildman–Crippen MR) is 125 cm³/mol. The molecule has 4 aliphatic rings. The first-order chi connectivity index (χ1) is 14.9. The molecule has 4 bridgehead atoms. The van der Waals surface area contributed by atoms with Crippen molar-refractivity contribution in [3.05, 3.63) is 65.7 Å². The van der Waals surface area contributed by atoms with E-state index in [1.807, 2.05) is 18.2 Å². The van der Waals surface area contributed by atoms with Crippen molar-refractivity contribution in [1.29, 1.82) is 0 Å². The molecule has 4 fully saturated rings. The Hall–Kier alpha value is -1.84. The van der Waals surface area contributed by atoms with Crippen molar-refractivity contribution in [2.24, 2.45) is 16.7 Å². The smallest absolute Gasteiger partial charge is 0.119 e. The summed E-state index contributed by atoms with van der Waals surface area (Å²) in [4.78, 5) is 0. The van der Waals surface area contributed by atoms with Gasteiger partial charge in [0.1, 0.15) is 18.5 Å². The van der Waals surface area contributed by atoms with Crippen molar-refractivity contribution in [1.82, 2.24) is 5.32 Å². The monoisotopic (exact) mass is 419 g/mol. The lowest BCUT2D eigenvalue weighted by atomic mass is 9.39. The molecular formula is C28H37NO2. The third-order valence-corrected chi connectivity index (χ3v) is 8.09. The Morgan fingerprint density at radius 1 is 0.935 bits per heavy atom. The SMILES string of the molecule is C[C@]12CC3CC(c4ccc(OCC(O)CNCc5ccccc5)cc4)(C1)C[C@@](C)(C3)C2. The highest BCUT2D eigenvalue weighted by Gasteiger charge is 2.60. The molecule has 4 aliphatic carbocycles. The fourth-order valence-electron chi connectivity index (χ4n) is 7.90. The molecule has 4 saturated carbocycles. The van der Waals surface area contributed by atoms with Gasteiger partial charge >= 0.3 is 0 Å². The second kappa shape index (κ2) is 7.94. The fraction of sp³-hybridized carbons (Fsp3) is 0.571. The van der Waals surface area contributed by atoms with Crippen LogP contribution >= 0.6 is 0 Å². The van der Waals surface area contributed by atoms with Gasteiger partial charge in [-0.15, -0.1) is 0 Å². The van der Waals surface area contributed by atoms with Gasteiger partial charge in [-0.25, -0.2) is 0 Å². The molecule has 0 saturated heterocycles. The van der Waals surface area contributed by atoms with Gasteiger partial charge in [0, 0.05) is 13.1 Å². The van der Waals surface area contributed by atoms with Crippen LogP contribution in [0.3, 0.4) is 0 Å². The van der Waals surface area contributed by atoms with E-state index in [0.29, 0.717) is 29.4 Å². The molecule has 5 atom stereocenters. The van der Waals surface area contributed by atoms with Gasteiger partial charge in [-0.05, 0) is 83.9 Å². The molecule has 3 heteroatoms. The van der Waals surface area contributed by atoms with Crippen LogP contribution in [0.1, 0.15) is 63.5 Å². The first-order valence-corrected chi connectivity index (χ1v) is 12.0. The molecule has 2 N–H and O–H groups in total. The van der Waals surface area contributed by atoms with Crippen molar-refractivity contribution in [3.63, 3.8) is 0 Å². The Morgan fingerprint density at radius 3 is 2.26 bits per heavy atom. The number of benzene rings is 2. The molecule has 0 aromatic heterocycles. The van der Waals surface area contributed by atoms with Gasteiger partial charge in [0.25, 0.3) is 0 Å². The number of nitrogens with one attached hydrogen (secondary N) is 1. The summed E-state index contributed by atoms with van der Waals surface area (Å²) < 4.78 is 5.89. The van der Waals surface area contributed by atoms with Crippen molar-refractivity contribution < 1.29 is 9.84 Å². The molecule has 3 unspecified atom stereocenters. The zero-order valence-electron chi connectivity index (χ0n) is 19.1. The van der Waals surface area contributed by atoms with Crippen LogP contribution < -0.4 is 10.1 Å². The van der Waals surface area contributed by atoms with Gasteiger partial charge in [0.05, 0.1) is 0 Å². The van der Waals surface area contributed by atoms with Crippen LogP contribution in [0.2, 0.25) is 0 Å². The summed E-state index contributed by atoms with van der Waals surface area (Å²) in [5.74, 6) is 1.76. The number of hydrogen-bond donors (Lipinski definition) is 2. The minimum absolute atomic E-state index is 0.310. The second-order valence-electron chi connectivity index (χ2n) is 11.5. The van der Waals surface area contributed by atoms with Gasteiger partial charge in [0.2, 0.25) is 0 Å². The number of rotatable bonds is 8. The maximum atomic E-state index is 10.3. The summed E-state index contributed by atoms with van der Waals surface area (Å²) in [6, 6.07) is 19.1. The molecule has 6 rings (SSSR count). The van der Waals surface area contributed by atoms with E-state index in [4.69, 9.17) is 4.74 Å². The lowest BCUT2D eigenvalue weighted by molar-refractivity contribution is -0.110. The minimum Gasteiger partial charge on any atom is -0.491 e. The molecule has 0 heterocycles. The highest BCUT2D eigenvalue weighted by Crippen LogP contribution is 2.69. The summed E-state index contributed by atoms with van der Waals surface area (Å²) >= 11 is 0. The van der Waals surface area contributed by atoms with Crippen LogP contribution in [0, 0.1) is 16.7 Å². The van der Waals surface area contributed by atoms with Gasteiger partial charge in [-0.3, -0.25) is 0 Å². The Labute approximate surface area is 187 Å².